The summed E-state index contributed by atoms with van der Waals surface area (Å²) in [6.07, 6.45) is 6.07. The third-order valence-corrected chi connectivity index (χ3v) is 3.82. The van der Waals surface area contributed by atoms with Gasteiger partial charge in [0.1, 0.15) is 0 Å². The Balaban J connectivity index is 1.59. The molecular weight excluding hydrogens is 190 g/mol. The van der Waals surface area contributed by atoms with Crippen LogP contribution in [0.1, 0.15) is 32.1 Å². The number of hydrogen-bond donors (Lipinski definition) is 2. The predicted molar refractivity (Wildman–Crippen MR) is 59.8 cm³/mol. The van der Waals surface area contributed by atoms with Crippen molar-refractivity contribution >= 4 is 0 Å². The van der Waals surface area contributed by atoms with Crippen LogP contribution in [0.15, 0.2) is 0 Å². The molecule has 0 aromatic rings. The summed E-state index contributed by atoms with van der Waals surface area (Å²) in [6, 6.07) is 0.688. The lowest BCUT2D eigenvalue weighted by atomic mass is 9.86. The van der Waals surface area contributed by atoms with Gasteiger partial charge in [-0.15, -0.1) is 0 Å². The van der Waals surface area contributed by atoms with E-state index in [-0.39, 0.29) is 0 Å². The monoisotopic (exact) mass is 213 g/mol. The summed E-state index contributed by atoms with van der Waals surface area (Å²) >= 11 is 0. The van der Waals surface area contributed by atoms with Crippen LogP contribution < -0.4 is 5.32 Å². The molecule has 0 spiro atoms. The van der Waals surface area contributed by atoms with Gasteiger partial charge in [0, 0.05) is 25.8 Å². The zero-order valence-electron chi connectivity index (χ0n) is 9.45. The molecule has 15 heavy (non-hydrogen) atoms. The van der Waals surface area contributed by atoms with Crippen molar-refractivity contribution in [3.63, 3.8) is 0 Å². The molecular formula is C12H23NO2. The van der Waals surface area contributed by atoms with E-state index in [1.54, 1.807) is 0 Å². The number of ether oxygens (including phenoxy) is 1. The maximum absolute atomic E-state index is 9.04. The fourth-order valence-electron chi connectivity index (χ4n) is 2.63. The van der Waals surface area contributed by atoms with Crippen molar-refractivity contribution < 1.29 is 9.84 Å². The highest BCUT2D eigenvalue weighted by molar-refractivity contribution is 4.78. The Bertz CT molecular complexity index is 172. The predicted octanol–water partition coefficient (Wildman–Crippen LogP) is 1.16. The van der Waals surface area contributed by atoms with E-state index in [1.165, 1.54) is 32.1 Å². The van der Waals surface area contributed by atoms with Crippen molar-refractivity contribution in [3.05, 3.63) is 0 Å². The topological polar surface area (TPSA) is 41.5 Å². The lowest BCUT2D eigenvalue weighted by Crippen LogP contribution is -2.37. The summed E-state index contributed by atoms with van der Waals surface area (Å²) < 4.78 is 5.36. The average Bonchev–Trinajstić information content (AvgIpc) is 2.80. The fraction of sp³-hybridized carbons (Fsp3) is 1.00. The SMILES string of the molecule is OCC1CCC(NCC2CCOC2)CC1. The maximum atomic E-state index is 9.04. The molecule has 0 amide bonds. The van der Waals surface area contributed by atoms with Gasteiger partial charge in [-0.1, -0.05) is 0 Å². The van der Waals surface area contributed by atoms with Crippen LogP contribution in [-0.2, 0) is 4.74 Å². The number of hydrogen-bond acceptors (Lipinski definition) is 3. The molecule has 1 heterocycles. The van der Waals surface area contributed by atoms with Gasteiger partial charge in [0.25, 0.3) is 0 Å². The zero-order chi connectivity index (χ0) is 10.5. The van der Waals surface area contributed by atoms with Crippen molar-refractivity contribution in [1.29, 1.82) is 0 Å². The number of aliphatic hydroxyl groups is 1. The molecule has 1 unspecified atom stereocenters. The normalized spacial score (nSPS) is 37.0. The molecule has 0 bridgehead atoms. The molecule has 2 aliphatic rings. The van der Waals surface area contributed by atoms with Crippen LogP contribution in [-0.4, -0.2) is 37.5 Å². The maximum Gasteiger partial charge on any atom is 0.0507 e. The first-order valence-electron chi connectivity index (χ1n) is 6.30. The first-order valence-corrected chi connectivity index (χ1v) is 6.30. The Morgan fingerprint density at radius 1 is 1.07 bits per heavy atom. The minimum Gasteiger partial charge on any atom is -0.396 e. The summed E-state index contributed by atoms with van der Waals surface area (Å²) in [5.74, 6) is 1.30. The van der Waals surface area contributed by atoms with Crippen molar-refractivity contribution in [1.82, 2.24) is 5.32 Å². The summed E-state index contributed by atoms with van der Waals surface area (Å²) in [6.45, 7) is 3.39. The van der Waals surface area contributed by atoms with Gasteiger partial charge in [-0.3, -0.25) is 0 Å². The molecule has 2 fully saturated rings. The second kappa shape index (κ2) is 5.83. The van der Waals surface area contributed by atoms with Gasteiger partial charge < -0.3 is 15.2 Å². The molecule has 0 radical (unpaired) electrons. The second-order valence-electron chi connectivity index (χ2n) is 5.04. The molecule has 1 aliphatic heterocycles. The van der Waals surface area contributed by atoms with Crippen LogP contribution in [0.3, 0.4) is 0 Å². The Morgan fingerprint density at radius 3 is 2.47 bits per heavy atom. The Hall–Kier alpha value is -0.120. The van der Waals surface area contributed by atoms with Crippen LogP contribution >= 0.6 is 0 Å². The van der Waals surface area contributed by atoms with Gasteiger partial charge in [-0.25, -0.2) is 0 Å². The highest BCUT2D eigenvalue weighted by Crippen LogP contribution is 2.24. The van der Waals surface area contributed by atoms with Gasteiger partial charge in [0.05, 0.1) is 6.61 Å². The molecule has 1 saturated heterocycles. The highest BCUT2D eigenvalue weighted by atomic mass is 16.5. The number of rotatable bonds is 4. The molecule has 1 saturated carbocycles. The molecule has 2 N–H and O–H groups in total. The lowest BCUT2D eigenvalue weighted by Gasteiger charge is -2.28. The van der Waals surface area contributed by atoms with Crippen LogP contribution in [0, 0.1) is 11.8 Å². The van der Waals surface area contributed by atoms with E-state index in [4.69, 9.17) is 9.84 Å². The molecule has 88 valence electrons. The Labute approximate surface area is 92.2 Å². The van der Waals surface area contributed by atoms with E-state index in [0.717, 1.165) is 25.7 Å². The molecule has 2 rings (SSSR count). The van der Waals surface area contributed by atoms with Crippen LogP contribution in [0.5, 0.6) is 0 Å². The van der Waals surface area contributed by atoms with Gasteiger partial charge >= 0.3 is 0 Å². The van der Waals surface area contributed by atoms with Crippen LogP contribution in [0.25, 0.3) is 0 Å². The summed E-state index contributed by atoms with van der Waals surface area (Å²) in [7, 11) is 0. The minimum atomic E-state index is 0.378. The molecule has 1 aliphatic carbocycles. The fourth-order valence-corrected chi connectivity index (χ4v) is 2.63. The molecule has 0 aromatic heterocycles. The first-order chi connectivity index (χ1) is 7.38. The van der Waals surface area contributed by atoms with Crippen molar-refractivity contribution in [2.45, 2.75) is 38.1 Å². The molecule has 0 aromatic carbocycles. The van der Waals surface area contributed by atoms with Crippen LogP contribution in [0.4, 0.5) is 0 Å². The highest BCUT2D eigenvalue weighted by Gasteiger charge is 2.22. The molecule has 3 heteroatoms. The van der Waals surface area contributed by atoms with E-state index in [1.807, 2.05) is 0 Å². The third-order valence-electron chi connectivity index (χ3n) is 3.82. The summed E-state index contributed by atoms with van der Waals surface area (Å²) in [4.78, 5) is 0. The number of aliphatic hydroxyl groups excluding tert-OH is 1. The minimum absolute atomic E-state index is 0.378. The summed E-state index contributed by atoms with van der Waals surface area (Å²) in [5.41, 5.74) is 0. The standard InChI is InChI=1S/C12H23NO2/c14-8-10-1-3-12(4-2-10)13-7-11-5-6-15-9-11/h10-14H,1-9H2. The summed E-state index contributed by atoms with van der Waals surface area (Å²) in [5, 5.41) is 12.7. The van der Waals surface area contributed by atoms with Gasteiger partial charge in [-0.2, -0.15) is 0 Å². The van der Waals surface area contributed by atoms with E-state index in [0.29, 0.717) is 18.6 Å². The van der Waals surface area contributed by atoms with Crippen molar-refractivity contribution in [2.75, 3.05) is 26.4 Å². The zero-order valence-corrected chi connectivity index (χ0v) is 9.45. The van der Waals surface area contributed by atoms with E-state index >= 15 is 0 Å². The smallest absolute Gasteiger partial charge is 0.0507 e. The Kier molecular flexibility index (Phi) is 4.42. The van der Waals surface area contributed by atoms with Crippen LogP contribution in [0.2, 0.25) is 0 Å². The van der Waals surface area contributed by atoms with Crippen molar-refractivity contribution in [2.24, 2.45) is 11.8 Å². The molecule has 3 nitrogen and oxygen atoms in total. The van der Waals surface area contributed by atoms with E-state index < -0.39 is 0 Å². The van der Waals surface area contributed by atoms with E-state index in [2.05, 4.69) is 5.32 Å². The van der Waals surface area contributed by atoms with E-state index in [9.17, 15) is 0 Å². The first kappa shape index (κ1) is 11.4. The largest absolute Gasteiger partial charge is 0.396 e. The van der Waals surface area contributed by atoms with Gasteiger partial charge in [0.2, 0.25) is 0 Å². The van der Waals surface area contributed by atoms with Gasteiger partial charge in [0.15, 0.2) is 0 Å². The second-order valence-corrected chi connectivity index (χ2v) is 5.04. The quantitative estimate of drug-likeness (QED) is 0.736. The Morgan fingerprint density at radius 2 is 1.87 bits per heavy atom. The molecule has 1 atom stereocenters. The van der Waals surface area contributed by atoms with Gasteiger partial charge in [-0.05, 0) is 43.9 Å². The lowest BCUT2D eigenvalue weighted by molar-refractivity contribution is 0.169. The number of nitrogens with one attached hydrogen (secondary N) is 1. The van der Waals surface area contributed by atoms with Crippen molar-refractivity contribution in [3.8, 4) is 0 Å². The average molecular weight is 213 g/mol. The third kappa shape index (κ3) is 3.44.